The van der Waals surface area contributed by atoms with Crippen molar-refractivity contribution in [3.05, 3.63) is 70.8 Å². The second-order valence-corrected chi connectivity index (χ2v) is 8.67. The maximum atomic E-state index is 12.2. The zero-order chi connectivity index (χ0) is 20.9. The van der Waals surface area contributed by atoms with E-state index in [-0.39, 0.29) is 17.9 Å². The van der Waals surface area contributed by atoms with Crippen LogP contribution in [-0.4, -0.2) is 55.6 Å². The van der Waals surface area contributed by atoms with Gasteiger partial charge in [0.2, 0.25) is 0 Å². The van der Waals surface area contributed by atoms with E-state index in [4.69, 9.17) is 4.74 Å². The smallest absolute Gasteiger partial charge is 0.310 e. The van der Waals surface area contributed by atoms with Crippen LogP contribution < -0.4 is 0 Å². The lowest BCUT2D eigenvalue weighted by Crippen LogP contribution is -2.43. The Balaban J connectivity index is 1.48. The summed E-state index contributed by atoms with van der Waals surface area (Å²) in [4.78, 5) is 17.1. The minimum absolute atomic E-state index is 0.0258. The van der Waals surface area contributed by atoms with Gasteiger partial charge in [0.05, 0.1) is 18.6 Å². The van der Waals surface area contributed by atoms with Gasteiger partial charge in [0.25, 0.3) is 0 Å². The molecule has 0 amide bonds. The first-order chi connectivity index (χ1) is 14.7. The molecule has 0 radical (unpaired) electrons. The molecule has 4 heteroatoms. The van der Waals surface area contributed by atoms with Crippen LogP contribution in [0, 0.1) is 5.92 Å². The van der Waals surface area contributed by atoms with Crippen LogP contribution in [0.1, 0.15) is 48.1 Å². The van der Waals surface area contributed by atoms with Gasteiger partial charge in [0.1, 0.15) is 0 Å². The Kier molecular flexibility index (Phi) is 6.86. The molecule has 1 atom stereocenters. The van der Waals surface area contributed by atoms with Crippen LogP contribution in [0.25, 0.3) is 0 Å². The van der Waals surface area contributed by atoms with Crippen LogP contribution >= 0.6 is 0 Å². The van der Waals surface area contributed by atoms with Crippen LogP contribution in [-0.2, 0) is 22.4 Å². The average molecular weight is 407 g/mol. The first kappa shape index (κ1) is 21.1. The molecule has 0 aromatic heterocycles. The summed E-state index contributed by atoms with van der Waals surface area (Å²) < 4.78 is 5.27. The number of ether oxygens (including phenoxy) is 1. The Morgan fingerprint density at radius 1 is 1.07 bits per heavy atom. The molecule has 2 aliphatic rings. The minimum Gasteiger partial charge on any atom is -0.466 e. The molecule has 0 spiro atoms. The van der Waals surface area contributed by atoms with Crippen molar-refractivity contribution >= 4 is 5.97 Å². The van der Waals surface area contributed by atoms with E-state index in [0.717, 1.165) is 51.9 Å². The van der Waals surface area contributed by atoms with E-state index in [1.807, 2.05) is 6.92 Å². The SMILES string of the molecule is CCOC(=O)[C@@H]1CCCN(CCN(C)C2c3ccccc3CCc3ccccc32)C1. The van der Waals surface area contributed by atoms with Crippen molar-refractivity contribution in [1.82, 2.24) is 9.80 Å². The molecule has 0 N–H and O–H groups in total. The maximum Gasteiger partial charge on any atom is 0.310 e. The van der Waals surface area contributed by atoms with E-state index in [2.05, 4.69) is 65.4 Å². The second kappa shape index (κ2) is 9.76. The van der Waals surface area contributed by atoms with Crippen molar-refractivity contribution in [3.8, 4) is 0 Å². The van der Waals surface area contributed by atoms with Gasteiger partial charge in [-0.2, -0.15) is 0 Å². The van der Waals surface area contributed by atoms with Crippen LogP contribution in [0.5, 0.6) is 0 Å². The highest BCUT2D eigenvalue weighted by molar-refractivity contribution is 5.72. The number of likely N-dealkylation sites (tertiary alicyclic amines) is 1. The number of rotatable bonds is 6. The predicted molar refractivity (Wildman–Crippen MR) is 121 cm³/mol. The van der Waals surface area contributed by atoms with Gasteiger partial charge >= 0.3 is 5.97 Å². The summed E-state index contributed by atoms with van der Waals surface area (Å²) in [6.07, 6.45) is 4.23. The fourth-order valence-electron chi connectivity index (χ4n) is 5.11. The second-order valence-electron chi connectivity index (χ2n) is 8.67. The number of esters is 1. The summed E-state index contributed by atoms with van der Waals surface area (Å²) >= 11 is 0. The Hall–Kier alpha value is -2.17. The Morgan fingerprint density at radius 3 is 2.33 bits per heavy atom. The highest BCUT2D eigenvalue weighted by atomic mass is 16.5. The zero-order valence-electron chi connectivity index (χ0n) is 18.3. The minimum atomic E-state index is -0.0258. The largest absolute Gasteiger partial charge is 0.466 e. The number of piperidine rings is 1. The van der Waals surface area contributed by atoms with Gasteiger partial charge < -0.3 is 9.64 Å². The third-order valence-corrected chi connectivity index (χ3v) is 6.70. The zero-order valence-corrected chi connectivity index (χ0v) is 18.3. The van der Waals surface area contributed by atoms with Crippen molar-refractivity contribution in [1.29, 1.82) is 0 Å². The summed E-state index contributed by atoms with van der Waals surface area (Å²) in [6, 6.07) is 18.1. The Morgan fingerprint density at radius 2 is 1.70 bits per heavy atom. The van der Waals surface area contributed by atoms with Crippen molar-refractivity contribution < 1.29 is 9.53 Å². The summed E-state index contributed by atoms with van der Waals surface area (Å²) in [7, 11) is 2.25. The first-order valence-electron chi connectivity index (χ1n) is 11.4. The van der Waals surface area contributed by atoms with Crippen LogP contribution in [0.15, 0.2) is 48.5 Å². The number of nitrogens with zero attached hydrogens (tertiary/aromatic N) is 2. The molecule has 4 nitrogen and oxygen atoms in total. The maximum absolute atomic E-state index is 12.2. The van der Waals surface area contributed by atoms with Crippen LogP contribution in [0.2, 0.25) is 0 Å². The molecule has 1 aliphatic heterocycles. The molecule has 1 saturated heterocycles. The number of carbonyl (C=O) groups excluding carboxylic acids is 1. The molecular weight excluding hydrogens is 372 g/mol. The fourth-order valence-corrected chi connectivity index (χ4v) is 5.11. The Bertz CT molecular complexity index is 818. The molecule has 2 aromatic carbocycles. The van der Waals surface area contributed by atoms with E-state index in [9.17, 15) is 4.79 Å². The van der Waals surface area contributed by atoms with E-state index in [1.54, 1.807) is 0 Å². The van der Waals surface area contributed by atoms with Gasteiger partial charge in [-0.05, 0) is 68.5 Å². The standard InChI is InChI=1S/C26H34N2O2/c1-3-30-26(29)22-11-8-16-28(19-22)18-17-27(2)25-23-12-6-4-9-20(23)14-15-21-10-5-7-13-24(21)25/h4-7,9-10,12-13,22,25H,3,8,11,14-19H2,1-2H3/t22-/m1/s1. The first-order valence-corrected chi connectivity index (χ1v) is 11.4. The van der Waals surface area contributed by atoms with Crippen LogP contribution in [0.4, 0.5) is 0 Å². The molecule has 1 fully saturated rings. The van der Waals surface area contributed by atoms with Gasteiger partial charge in [0.15, 0.2) is 0 Å². The molecule has 30 heavy (non-hydrogen) atoms. The van der Waals surface area contributed by atoms with Crippen molar-refractivity contribution in [2.75, 3.05) is 39.8 Å². The summed E-state index contributed by atoms with van der Waals surface area (Å²) in [6.45, 7) is 6.21. The number of aryl methyl sites for hydroxylation is 2. The lowest BCUT2D eigenvalue weighted by molar-refractivity contribution is -0.149. The molecule has 0 saturated carbocycles. The van der Waals surface area contributed by atoms with E-state index < -0.39 is 0 Å². The number of likely N-dealkylation sites (N-methyl/N-ethyl adjacent to an activating group) is 1. The molecule has 1 aliphatic carbocycles. The molecule has 160 valence electrons. The number of fused-ring (bicyclic) bond motifs is 2. The molecule has 1 heterocycles. The molecule has 2 aromatic rings. The highest BCUT2D eigenvalue weighted by Gasteiger charge is 2.29. The van der Waals surface area contributed by atoms with Gasteiger partial charge in [-0.3, -0.25) is 9.69 Å². The topological polar surface area (TPSA) is 32.8 Å². The lowest BCUT2D eigenvalue weighted by atomic mass is 9.93. The number of benzene rings is 2. The number of carbonyl (C=O) groups is 1. The van der Waals surface area contributed by atoms with E-state index in [0.29, 0.717) is 6.61 Å². The van der Waals surface area contributed by atoms with E-state index >= 15 is 0 Å². The number of hydrogen-bond acceptors (Lipinski definition) is 4. The quantitative estimate of drug-likeness (QED) is 0.677. The van der Waals surface area contributed by atoms with E-state index in [1.165, 1.54) is 22.3 Å². The Labute approximate surface area is 180 Å². The van der Waals surface area contributed by atoms with Gasteiger partial charge in [0, 0.05) is 19.6 Å². The monoisotopic (exact) mass is 406 g/mol. The average Bonchev–Trinajstić information content (AvgIpc) is 2.95. The number of hydrogen-bond donors (Lipinski definition) is 0. The third kappa shape index (κ3) is 4.60. The van der Waals surface area contributed by atoms with Gasteiger partial charge in [-0.1, -0.05) is 48.5 Å². The third-order valence-electron chi connectivity index (χ3n) is 6.70. The van der Waals surface area contributed by atoms with Gasteiger partial charge in [-0.15, -0.1) is 0 Å². The summed E-state index contributed by atoms with van der Waals surface area (Å²) in [5.41, 5.74) is 5.80. The summed E-state index contributed by atoms with van der Waals surface area (Å²) in [5.74, 6) is 0.00511. The normalized spacial score (nSPS) is 19.8. The van der Waals surface area contributed by atoms with Crippen molar-refractivity contribution in [2.24, 2.45) is 5.92 Å². The molecule has 4 rings (SSSR count). The van der Waals surface area contributed by atoms with Crippen molar-refractivity contribution in [3.63, 3.8) is 0 Å². The van der Waals surface area contributed by atoms with Gasteiger partial charge in [-0.25, -0.2) is 0 Å². The highest BCUT2D eigenvalue weighted by Crippen LogP contribution is 2.36. The molecular formula is C26H34N2O2. The van der Waals surface area contributed by atoms with Crippen molar-refractivity contribution in [2.45, 2.75) is 38.6 Å². The fraction of sp³-hybridized carbons (Fsp3) is 0.500. The van der Waals surface area contributed by atoms with Crippen LogP contribution in [0.3, 0.4) is 0 Å². The summed E-state index contributed by atoms with van der Waals surface area (Å²) in [5, 5.41) is 0. The lowest BCUT2D eigenvalue weighted by Gasteiger charge is -2.35. The predicted octanol–water partition coefficient (Wildman–Crippen LogP) is 4.08. The molecule has 0 bridgehead atoms. The molecule has 0 unspecified atom stereocenters.